The molecule has 1 heterocycles. The third kappa shape index (κ3) is 4.62. The zero-order valence-corrected chi connectivity index (χ0v) is 10.7. The quantitative estimate of drug-likeness (QED) is 0.701. The Bertz CT molecular complexity index is 213. The molecule has 1 fully saturated rings. The number of hydrogen-bond acceptors (Lipinski definition) is 3. The van der Waals surface area contributed by atoms with Gasteiger partial charge in [0, 0.05) is 5.92 Å². The lowest BCUT2D eigenvalue weighted by atomic mass is 10.0. The van der Waals surface area contributed by atoms with Crippen molar-refractivity contribution in [3.8, 4) is 0 Å². The molecule has 1 saturated heterocycles. The molecule has 1 rings (SSSR count). The van der Waals surface area contributed by atoms with Crippen molar-refractivity contribution < 1.29 is 14.3 Å². The zero-order chi connectivity index (χ0) is 12.0. The summed E-state index contributed by atoms with van der Waals surface area (Å²) in [4.78, 5) is 11.3. The molecule has 1 aliphatic heterocycles. The van der Waals surface area contributed by atoms with E-state index in [2.05, 4.69) is 6.92 Å². The normalized spacial score (nSPS) is 26.0. The molecule has 0 bridgehead atoms. The molecule has 2 atom stereocenters. The fraction of sp³-hybridized carbons (Fsp3) is 0.923. The largest absolute Gasteiger partial charge is 0.373 e. The molecule has 3 heteroatoms. The van der Waals surface area contributed by atoms with E-state index in [9.17, 15) is 4.79 Å². The smallest absolute Gasteiger partial charge is 0.160 e. The summed E-state index contributed by atoms with van der Waals surface area (Å²) in [7, 11) is 0. The molecule has 0 saturated carbocycles. The highest BCUT2D eigenvalue weighted by Gasteiger charge is 2.21. The second-order valence-corrected chi connectivity index (χ2v) is 4.86. The van der Waals surface area contributed by atoms with Crippen LogP contribution in [0.1, 0.15) is 46.5 Å². The molecular weight excluding hydrogens is 204 g/mol. The van der Waals surface area contributed by atoms with Crippen molar-refractivity contribution in [3.63, 3.8) is 0 Å². The standard InChI is InChI=1S/C13H24O3/c1-4-11-6-5-7-12(16-11)8-15-9-13(14)10(2)3/h10-12H,4-9H2,1-3H3. The van der Waals surface area contributed by atoms with E-state index in [0.717, 1.165) is 19.3 Å². The molecule has 0 aromatic heterocycles. The van der Waals surface area contributed by atoms with Crippen LogP contribution in [0.3, 0.4) is 0 Å². The monoisotopic (exact) mass is 228 g/mol. The number of Topliss-reactive ketones (excluding diaryl/α,β-unsaturated/α-hetero) is 1. The predicted molar refractivity (Wildman–Crippen MR) is 63.5 cm³/mol. The summed E-state index contributed by atoms with van der Waals surface area (Å²) in [6, 6.07) is 0. The summed E-state index contributed by atoms with van der Waals surface area (Å²) < 4.78 is 11.3. The third-order valence-corrected chi connectivity index (χ3v) is 3.08. The Morgan fingerprint density at radius 1 is 1.38 bits per heavy atom. The van der Waals surface area contributed by atoms with Crippen LogP contribution in [0.15, 0.2) is 0 Å². The van der Waals surface area contributed by atoms with Crippen molar-refractivity contribution in [1.29, 1.82) is 0 Å². The average molecular weight is 228 g/mol. The van der Waals surface area contributed by atoms with E-state index < -0.39 is 0 Å². The summed E-state index contributed by atoms with van der Waals surface area (Å²) >= 11 is 0. The summed E-state index contributed by atoms with van der Waals surface area (Å²) in [5, 5.41) is 0. The van der Waals surface area contributed by atoms with Crippen LogP contribution in [0.4, 0.5) is 0 Å². The maximum atomic E-state index is 11.3. The first-order valence-corrected chi connectivity index (χ1v) is 6.39. The van der Waals surface area contributed by atoms with Crippen molar-refractivity contribution in [2.24, 2.45) is 5.92 Å². The second kappa shape index (κ2) is 7.02. The lowest BCUT2D eigenvalue weighted by molar-refractivity contribution is -0.130. The van der Waals surface area contributed by atoms with Crippen LogP contribution in [-0.2, 0) is 14.3 Å². The lowest BCUT2D eigenvalue weighted by Gasteiger charge is -2.29. The Kier molecular flexibility index (Phi) is 5.99. The summed E-state index contributed by atoms with van der Waals surface area (Å²) in [5.74, 6) is 0.235. The molecule has 3 nitrogen and oxygen atoms in total. The average Bonchev–Trinajstić information content (AvgIpc) is 2.29. The Morgan fingerprint density at radius 3 is 2.69 bits per heavy atom. The molecule has 0 spiro atoms. The number of ketones is 1. The van der Waals surface area contributed by atoms with Gasteiger partial charge in [0.25, 0.3) is 0 Å². The first kappa shape index (κ1) is 13.7. The molecule has 0 radical (unpaired) electrons. The highest BCUT2D eigenvalue weighted by molar-refractivity contribution is 5.81. The fourth-order valence-corrected chi connectivity index (χ4v) is 1.86. The first-order chi connectivity index (χ1) is 7.63. The van der Waals surface area contributed by atoms with Crippen LogP contribution in [0.2, 0.25) is 0 Å². The molecule has 0 amide bonds. The van der Waals surface area contributed by atoms with Gasteiger partial charge in [-0.25, -0.2) is 0 Å². The van der Waals surface area contributed by atoms with E-state index >= 15 is 0 Å². The van der Waals surface area contributed by atoms with Crippen molar-refractivity contribution in [1.82, 2.24) is 0 Å². The van der Waals surface area contributed by atoms with Crippen LogP contribution >= 0.6 is 0 Å². The van der Waals surface area contributed by atoms with Crippen molar-refractivity contribution >= 4 is 5.78 Å². The minimum absolute atomic E-state index is 0.0654. The van der Waals surface area contributed by atoms with Gasteiger partial charge in [0.05, 0.1) is 18.8 Å². The number of carbonyl (C=O) groups excluding carboxylic acids is 1. The van der Waals surface area contributed by atoms with Gasteiger partial charge < -0.3 is 9.47 Å². The van der Waals surface area contributed by atoms with Gasteiger partial charge in [0.15, 0.2) is 5.78 Å². The molecule has 0 aromatic rings. The Hall–Kier alpha value is -0.410. The number of carbonyl (C=O) groups is 1. The van der Waals surface area contributed by atoms with Gasteiger partial charge in [-0.2, -0.15) is 0 Å². The van der Waals surface area contributed by atoms with Crippen LogP contribution in [0.5, 0.6) is 0 Å². The zero-order valence-electron chi connectivity index (χ0n) is 10.7. The molecule has 1 aliphatic rings. The molecule has 94 valence electrons. The topological polar surface area (TPSA) is 35.5 Å². The van der Waals surface area contributed by atoms with Crippen molar-refractivity contribution in [3.05, 3.63) is 0 Å². The molecule has 16 heavy (non-hydrogen) atoms. The van der Waals surface area contributed by atoms with E-state index in [0.29, 0.717) is 12.7 Å². The molecule has 2 unspecified atom stereocenters. The van der Waals surface area contributed by atoms with Gasteiger partial charge in [0.1, 0.15) is 6.61 Å². The summed E-state index contributed by atoms with van der Waals surface area (Å²) in [6.45, 7) is 6.74. The maximum Gasteiger partial charge on any atom is 0.160 e. The highest BCUT2D eigenvalue weighted by atomic mass is 16.5. The highest BCUT2D eigenvalue weighted by Crippen LogP contribution is 2.21. The van der Waals surface area contributed by atoms with E-state index in [4.69, 9.17) is 9.47 Å². The summed E-state index contributed by atoms with van der Waals surface area (Å²) in [5.41, 5.74) is 0. The number of ether oxygens (including phenoxy) is 2. The van der Waals surface area contributed by atoms with Crippen molar-refractivity contribution in [2.45, 2.75) is 58.7 Å². The van der Waals surface area contributed by atoms with Crippen LogP contribution < -0.4 is 0 Å². The van der Waals surface area contributed by atoms with Gasteiger partial charge in [0.2, 0.25) is 0 Å². The van der Waals surface area contributed by atoms with Crippen LogP contribution in [0.25, 0.3) is 0 Å². The van der Waals surface area contributed by atoms with E-state index in [1.54, 1.807) is 0 Å². The van der Waals surface area contributed by atoms with Crippen molar-refractivity contribution in [2.75, 3.05) is 13.2 Å². The fourth-order valence-electron chi connectivity index (χ4n) is 1.86. The van der Waals surface area contributed by atoms with E-state index in [1.807, 2.05) is 13.8 Å². The molecule has 0 N–H and O–H groups in total. The Morgan fingerprint density at radius 2 is 2.06 bits per heavy atom. The van der Waals surface area contributed by atoms with Gasteiger partial charge in [-0.1, -0.05) is 20.8 Å². The maximum absolute atomic E-state index is 11.3. The Balaban J connectivity index is 2.15. The first-order valence-electron chi connectivity index (χ1n) is 6.39. The predicted octanol–water partition coefficient (Wildman–Crippen LogP) is 2.58. The minimum Gasteiger partial charge on any atom is -0.373 e. The lowest BCUT2D eigenvalue weighted by Crippen LogP contribution is -2.31. The minimum atomic E-state index is 0.0654. The summed E-state index contributed by atoms with van der Waals surface area (Å²) in [6.07, 6.45) is 5.10. The van der Waals surface area contributed by atoms with Gasteiger partial charge in [-0.05, 0) is 25.7 Å². The number of rotatable bonds is 6. The van der Waals surface area contributed by atoms with E-state index in [-0.39, 0.29) is 24.4 Å². The van der Waals surface area contributed by atoms with Crippen LogP contribution in [0, 0.1) is 5.92 Å². The Labute approximate surface area is 98.5 Å². The molecular formula is C13H24O3. The van der Waals surface area contributed by atoms with Gasteiger partial charge >= 0.3 is 0 Å². The SMILES string of the molecule is CCC1CCCC(COCC(=O)C(C)C)O1. The van der Waals surface area contributed by atoms with E-state index in [1.165, 1.54) is 6.42 Å². The molecule has 0 aliphatic carbocycles. The van der Waals surface area contributed by atoms with Gasteiger partial charge in [-0.3, -0.25) is 4.79 Å². The third-order valence-electron chi connectivity index (χ3n) is 3.08. The molecule has 0 aromatic carbocycles. The second-order valence-electron chi connectivity index (χ2n) is 4.86. The number of hydrogen-bond donors (Lipinski definition) is 0. The van der Waals surface area contributed by atoms with Gasteiger partial charge in [-0.15, -0.1) is 0 Å². The van der Waals surface area contributed by atoms with Crippen LogP contribution in [-0.4, -0.2) is 31.2 Å².